The molecule has 0 aromatic carbocycles. The quantitative estimate of drug-likeness (QED) is 0.0783. The Morgan fingerprint density at radius 2 is 1.12 bits per heavy atom. The first kappa shape index (κ1) is 42.8. The van der Waals surface area contributed by atoms with Gasteiger partial charge in [0.1, 0.15) is 54.8 Å². The van der Waals surface area contributed by atoms with Crippen molar-refractivity contribution in [3.05, 3.63) is 0 Å². The van der Waals surface area contributed by atoms with E-state index in [4.69, 9.17) is 33.5 Å². The van der Waals surface area contributed by atoms with Gasteiger partial charge in [-0.25, -0.2) is 14.4 Å². The molecule has 3 aliphatic rings. The molecule has 3 amide bonds. The predicted octanol–water partition coefficient (Wildman–Crippen LogP) is -7.10. The molecule has 0 unspecified atom stereocenters. The van der Waals surface area contributed by atoms with Crippen LogP contribution in [0.25, 0.3) is 0 Å². The van der Waals surface area contributed by atoms with Gasteiger partial charge >= 0.3 is 17.9 Å². The first-order chi connectivity index (χ1) is 24.2. The van der Waals surface area contributed by atoms with E-state index in [9.17, 15) is 69.6 Å². The molecule has 24 nitrogen and oxygen atoms in total. The highest BCUT2D eigenvalue weighted by Gasteiger charge is 2.57. The molecule has 0 radical (unpaired) electrons. The maximum Gasteiger partial charge on any atom is 0.335 e. The highest BCUT2D eigenvalue weighted by Crippen LogP contribution is 2.33. The standard InChI is InChI=1S/C28H43N3O21/c1-6-11(29-7(2)33)15(37)12(30-8(3)34)26(47-6)49-19-17(39)21(24(43)44)51-28(18(19)40)50-20-16(38)13(31-9(4)35)27(52-22(20)25(45)46)48-10(5-32)14(36)23(41)42/h6,10-22,26-28,32,36-40H,5H2,1-4H3,(H,29,33)(H,30,34)(H,31,35)(H,41,42)(H,43,44)(H,45,46)/t6-,10-,11-,12-,13+,14+,15+,16-,17-,18-,19+,20+,21+,22+,26-,27-,28+/m1/s1. The second-order valence-electron chi connectivity index (χ2n) is 12.2. The van der Waals surface area contributed by atoms with E-state index in [2.05, 4.69) is 16.0 Å². The Bertz CT molecular complexity index is 1320. The normalized spacial score (nSPS) is 39.0. The zero-order valence-corrected chi connectivity index (χ0v) is 27.9. The molecule has 3 rings (SSSR count). The van der Waals surface area contributed by atoms with Gasteiger partial charge < -0.3 is 90.3 Å². The number of nitrogens with one attached hydrogen (secondary N) is 3. The zero-order valence-electron chi connectivity index (χ0n) is 27.9. The van der Waals surface area contributed by atoms with Gasteiger partial charge in [-0.1, -0.05) is 0 Å². The van der Waals surface area contributed by atoms with Crippen LogP contribution in [0.3, 0.4) is 0 Å². The summed E-state index contributed by atoms with van der Waals surface area (Å²) in [6.45, 7) is 3.41. The van der Waals surface area contributed by atoms with Crippen molar-refractivity contribution in [1.29, 1.82) is 0 Å². The third kappa shape index (κ3) is 9.85. The average Bonchev–Trinajstić information content (AvgIpc) is 3.04. The lowest BCUT2D eigenvalue weighted by atomic mass is 9.93. The number of carboxylic acid groups (broad SMARTS) is 3. The Kier molecular flexibility index (Phi) is 14.7. The number of carboxylic acids is 3. The van der Waals surface area contributed by atoms with Crippen LogP contribution in [0.1, 0.15) is 27.7 Å². The SMILES string of the molecule is CC(=O)N[C@@H]1[C@H](O[C@H](CO)[C@H](O)C(=O)O)O[C@H](C(=O)O)[C@@H](O[C@H]2O[C@H](C(=O)O)[C@H](O)[C@H](O[C@H]3O[C@H](C)[C@@H](NC(C)=O)[C@H](O)[C@H]3NC(C)=O)[C@H]2O)[C@@H]1O. The van der Waals surface area contributed by atoms with Crippen LogP contribution < -0.4 is 16.0 Å². The lowest BCUT2D eigenvalue weighted by Crippen LogP contribution is -2.70. The Morgan fingerprint density at radius 1 is 0.635 bits per heavy atom. The molecule has 17 atom stereocenters. The molecule has 12 N–H and O–H groups in total. The third-order valence-electron chi connectivity index (χ3n) is 8.28. The summed E-state index contributed by atoms with van der Waals surface area (Å²) in [5.41, 5.74) is 0. The summed E-state index contributed by atoms with van der Waals surface area (Å²) in [4.78, 5) is 71.5. The number of hydrogen-bond acceptors (Lipinski definition) is 18. The number of aliphatic hydroxyl groups excluding tert-OH is 6. The molecule has 0 spiro atoms. The topological polar surface area (TPSA) is 376 Å². The van der Waals surface area contributed by atoms with Crippen LogP contribution >= 0.6 is 0 Å². The van der Waals surface area contributed by atoms with Crippen molar-refractivity contribution in [2.75, 3.05) is 6.61 Å². The van der Waals surface area contributed by atoms with E-state index < -0.39 is 146 Å². The number of amides is 3. The number of ether oxygens (including phenoxy) is 6. The van der Waals surface area contributed by atoms with Gasteiger partial charge in [0, 0.05) is 20.8 Å². The summed E-state index contributed by atoms with van der Waals surface area (Å²) in [5.74, 6) is -7.79. The van der Waals surface area contributed by atoms with Crippen molar-refractivity contribution in [3.63, 3.8) is 0 Å². The van der Waals surface area contributed by atoms with Crippen molar-refractivity contribution in [1.82, 2.24) is 16.0 Å². The Balaban J connectivity index is 1.96. The van der Waals surface area contributed by atoms with E-state index in [1.54, 1.807) is 0 Å². The maximum absolute atomic E-state index is 12.3. The van der Waals surface area contributed by atoms with Crippen molar-refractivity contribution in [2.24, 2.45) is 0 Å². The molecule has 0 aromatic heterocycles. The number of aliphatic carboxylic acids is 3. The maximum atomic E-state index is 12.3. The van der Waals surface area contributed by atoms with Crippen LogP contribution in [-0.4, -0.2) is 192 Å². The van der Waals surface area contributed by atoms with Crippen molar-refractivity contribution >= 4 is 35.6 Å². The van der Waals surface area contributed by atoms with Crippen LogP contribution in [0.4, 0.5) is 0 Å². The number of carbonyl (C=O) groups is 6. The Labute approximate surface area is 293 Å². The number of carbonyl (C=O) groups excluding carboxylic acids is 3. The molecule has 3 aliphatic heterocycles. The first-order valence-corrected chi connectivity index (χ1v) is 15.6. The van der Waals surface area contributed by atoms with Gasteiger partial charge in [0.25, 0.3) is 0 Å². The largest absolute Gasteiger partial charge is 0.479 e. The first-order valence-electron chi connectivity index (χ1n) is 15.6. The average molecular weight is 758 g/mol. The fourth-order valence-corrected chi connectivity index (χ4v) is 5.86. The van der Waals surface area contributed by atoms with E-state index in [1.807, 2.05) is 0 Å². The van der Waals surface area contributed by atoms with Gasteiger partial charge in [0.2, 0.25) is 17.7 Å². The van der Waals surface area contributed by atoms with E-state index in [-0.39, 0.29) is 0 Å². The summed E-state index contributed by atoms with van der Waals surface area (Å²) in [7, 11) is 0. The number of aliphatic hydroxyl groups is 6. The van der Waals surface area contributed by atoms with Crippen molar-refractivity contribution < 1.29 is 103 Å². The molecule has 0 aliphatic carbocycles. The van der Waals surface area contributed by atoms with Crippen LogP contribution in [0, 0.1) is 0 Å². The molecular weight excluding hydrogens is 714 g/mol. The van der Waals surface area contributed by atoms with Crippen LogP contribution in [0.2, 0.25) is 0 Å². The van der Waals surface area contributed by atoms with E-state index in [1.165, 1.54) is 6.92 Å². The summed E-state index contributed by atoms with van der Waals surface area (Å²) >= 11 is 0. The summed E-state index contributed by atoms with van der Waals surface area (Å²) < 4.78 is 32.9. The molecule has 0 aromatic rings. The minimum atomic E-state index is -2.39. The zero-order chi connectivity index (χ0) is 39.4. The number of hydrogen-bond donors (Lipinski definition) is 12. The smallest absolute Gasteiger partial charge is 0.335 e. The molecule has 3 fully saturated rings. The lowest BCUT2D eigenvalue weighted by Gasteiger charge is -2.49. The minimum Gasteiger partial charge on any atom is -0.479 e. The highest BCUT2D eigenvalue weighted by atomic mass is 16.8. The Morgan fingerprint density at radius 3 is 1.60 bits per heavy atom. The molecule has 296 valence electrons. The van der Waals surface area contributed by atoms with Gasteiger partial charge in [0.05, 0.1) is 18.8 Å². The molecule has 3 saturated heterocycles. The summed E-state index contributed by atoms with van der Waals surface area (Å²) in [6, 6.07) is -4.44. The molecule has 24 heteroatoms. The van der Waals surface area contributed by atoms with Crippen LogP contribution in [0.5, 0.6) is 0 Å². The van der Waals surface area contributed by atoms with E-state index >= 15 is 0 Å². The van der Waals surface area contributed by atoms with Gasteiger partial charge in [-0.2, -0.15) is 0 Å². The van der Waals surface area contributed by atoms with Gasteiger partial charge in [-0.15, -0.1) is 0 Å². The highest BCUT2D eigenvalue weighted by molar-refractivity contribution is 5.76. The summed E-state index contributed by atoms with van der Waals surface area (Å²) in [5, 5.41) is 99.9. The third-order valence-corrected chi connectivity index (χ3v) is 8.28. The van der Waals surface area contributed by atoms with E-state index in [0.717, 1.165) is 20.8 Å². The summed E-state index contributed by atoms with van der Waals surface area (Å²) in [6.07, 6.45) is -28.7. The van der Waals surface area contributed by atoms with E-state index in [0.29, 0.717) is 0 Å². The van der Waals surface area contributed by atoms with Gasteiger partial charge in [-0.3, -0.25) is 14.4 Å². The molecule has 52 heavy (non-hydrogen) atoms. The molecular formula is C28H43N3O21. The lowest BCUT2D eigenvalue weighted by molar-refractivity contribution is -0.360. The second kappa shape index (κ2) is 17.9. The fourth-order valence-electron chi connectivity index (χ4n) is 5.86. The fraction of sp³-hybridized carbons (Fsp3) is 0.786. The minimum absolute atomic E-state index is 0.571. The van der Waals surface area contributed by atoms with Gasteiger partial charge in [-0.05, 0) is 6.92 Å². The number of rotatable bonds is 14. The predicted molar refractivity (Wildman–Crippen MR) is 159 cm³/mol. The monoisotopic (exact) mass is 757 g/mol. The van der Waals surface area contributed by atoms with Crippen molar-refractivity contribution in [2.45, 2.75) is 132 Å². The Hall–Kier alpha value is -3.66. The van der Waals surface area contributed by atoms with Crippen LogP contribution in [-0.2, 0) is 57.2 Å². The van der Waals surface area contributed by atoms with Gasteiger partial charge in [0.15, 0.2) is 37.2 Å². The van der Waals surface area contributed by atoms with Crippen LogP contribution in [0.15, 0.2) is 0 Å². The molecule has 0 saturated carbocycles. The van der Waals surface area contributed by atoms with Crippen molar-refractivity contribution in [3.8, 4) is 0 Å². The molecule has 3 heterocycles. The molecule has 0 bridgehead atoms. The second-order valence-corrected chi connectivity index (χ2v) is 12.2.